The molecule has 4 rings (SSSR count). The van der Waals surface area contributed by atoms with Gasteiger partial charge in [-0.1, -0.05) is 12.1 Å². The van der Waals surface area contributed by atoms with Crippen molar-refractivity contribution in [2.45, 2.75) is 36.5 Å². The van der Waals surface area contributed by atoms with Crippen LogP contribution in [0.15, 0.2) is 41.4 Å². The Morgan fingerprint density at radius 3 is 2.35 bits per heavy atom. The lowest BCUT2D eigenvalue weighted by Crippen LogP contribution is -2.33. The molecule has 122 valence electrons. The number of H-pyrrole nitrogens is 1. The minimum Gasteiger partial charge on any atom is -0.357 e. The van der Waals surface area contributed by atoms with Crippen LogP contribution in [0.1, 0.15) is 37.2 Å². The molecule has 1 aromatic carbocycles. The molecular weight excluding hydrogens is 304 g/mol. The number of nitrogens with zero attached hydrogens (tertiary/aromatic N) is 3. The summed E-state index contributed by atoms with van der Waals surface area (Å²) >= 11 is 1.92. The number of nitrogens with one attached hydrogen (secondary N) is 1. The van der Waals surface area contributed by atoms with E-state index < -0.39 is 0 Å². The minimum atomic E-state index is 0.694. The summed E-state index contributed by atoms with van der Waals surface area (Å²) < 4.78 is 2.48. The van der Waals surface area contributed by atoms with Crippen molar-refractivity contribution in [2.75, 3.05) is 31.1 Å². The van der Waals surface area contributed by atoms with Crippen LogP contribution >= 0.6 is 11.9 Å². The summed E-state index contributed by atoms with van der Waals surface area (Å²) in [5.74, 6) is 1.85. The van der Waals surface area contributed by atoms with Crippen LogP contribution in [0.5, 0.6) is 0 Å². The van der Waals surface area contributed by atoms with Crippen molar-refractivity contribution in [3.8, 4) is 0 Å². The zero-order valence-corrected chi connectivity index (χ0v) is 14.3. The Morgan fingerprint density at radius 2 is 1.70 bits per heavy atom. The summed E-state index contributed by atoms with van der Waals surface area (Å²) in [7, 11) is 0. The number of benzene rings is 1. The minimum absolute atomic E-state index is 0.694. The van der Waals surface area contributed by atoms with Crippen LogP contribution in [-0.2, 0) is 0 Å². The van der Waals surface area contributed by atoms with Crippen molar-refractivity contribution in [2.24, 2.45) is 0 Å². The molecule has 1 N–H and O–H groups in total. The van der Waals surface area contributed by atoms with Crippen LogP contribution < -0.4 is 4.90 Å². The first-order valence-electron chi connectivity index (χ1n) is 8.66. The highest BCUT2D eigenvalue weighted by molar-refractivity contribution is 7.97. The van der Waals surface area contributed by atoms with Crippen LogP contribution in [0.3, 0.4) is 0 Å². The van der Waals surface area contributed by atoms with Crippen LogP contribution in [0.2, 0.25) is 0 Å². The molecule has 0 spiro atoms. The van der Waals surface area contributed by atoms with Gasteiger partial charge < -0.3 is 4.90 Å². The lowest BCUT2D eigenvalue weighted by molar-refractivity contribution is 0.502. The first-order chi connectivity index (χ1) is 11.4. The van der Waals surface area contributed by atoms with Gasteiger partial charge in [-0.15, -0.1) is 0 Å². The Hall–Kier alpha value is -1.46. The Morgan fingerprint density at radius 1 is 0.957 bits per heavy atom. The number of piperidine rings is 1. The highest BCUT2D eigenvalue weighted by Gasteiger charge is 2.21. The molecule has 2 saturated heterocycles. The van der Waals surface area contributed by atoms with Crippen molar-refractivity contribution >= 4 is 17.8 Å². The quantitative estimate of drug-likeness (QED) is 0.864. The van der Waals surface area contributed by atoms with Gasteiger partial charge in [0.2, 0.25) is 0 Å². The van der Waals surface area contributed by atoms with E-state index in [1.54, 1.807) is 0 Å². The summed E-state index contributed by atoms with van der Waals surface area (Å²) in [6.07, 6.45) is 6.97. The van der Waals surface area contributed by atoms with Crippen LogP contribution in [0, 0.1) is 0 Å². The number of hydrogen-bond acceptors (Lipinski definition) is 4. The Balaban J connectivity index is 1.33. The van der Waals surface area contributed by atoms with E-state index in [0.717, 1.165) is 18.9 Å². The van der Waals surface area contributed by atoms with E-state index in [9.17, 15) is 0 Å². The van der Waals surface area contributed by atoms with Gasteiger partial charge in [0.25, 0.3) is 0 Å². The first kappa shape index (κ1) is 15.1. The second kappa shape index (κ2) is 6.97. The number of anilines is 1. The highest BCUT2D eigenvalue weighted by atomic mass is 32.2. The predicted molar refractivity (Wildman–Crippen MR) is 95.9 cm³/mol. The molecule has 0 atom stereocenters. The molecule has 0 bridgehead atoms. The normalized spacial score (nSPS) is 20.3. The maximum atomic E-state index is 4.05. The van der Waals surface area contributed by atoms with Gasteiger partial charge in [0, 0.05) is 37.1 Å². The summed E-state index contributed by atoms with van der Waals surface area (Å²) in [6, 6.07) is 11.4. The van der Waals surface area contributed by atoms with E-state index in [1.807, 2.05) is 18.1 Å². The number of rotatable bonds is 4. The lowest BCUT2D eigenvalue weighted by atomic mass is 9.89. The standard InChI is InChI=1S/C18H24N4S/c1-2-12-22(11-1)23-17-5-3-15(4-6-17)16-8-13-21(14-9-16)18-7-10-19-20-18/h3-7,10,16H,1-2,8-9,11-14H2,(H,19,20). The Bertz CT molecular complexity index is 596. The second-order valence-electron chi connectivity index (χ2n) is 6.50. The molecule has 2 fully saturated rings. The third kappa shape index (κ3) is 3.56. The van der Waals surface area contributed by atoms with E-state index in [1.165, 1.54) is 49.2 Å². The lowest BCUT2D eigenvalue weighted by Gasteiger charge is -2.32. The highest BCUT2D eigenvalue weighted by Crippen LogP contribution is 2.32. The molecule has 2 aromatic rings. The fraction of sp³-hybridized carbons (Fsp3) is 0.500. The Labute approximate surface area is 142 Å². The fourth-order valence-electron chi connectivity index (χ4n) is 3.61. The summed E-state index contributed by atoms with van der Waals surface area (Å²) in [5, 5.41) is 7.13. The third-order valence-electron chi connectivity index (χ3n) is 4.97. The molecule has 3 heterocycles. The van der Waals surface area contributed by atoms with E-state index in [4.69, 9.17) is 0 Å². The maximum absolute atomic E-state index is 4.05. The van der Waals surface area contributed by atoms with Crippen LogP contribution in [-0.4, -0.2) is 40.7 Å². The molecule has 0 saturated carbocycles. The zero-order chi connectivity index (χ0) is 15.5. The van der Waals surface area contributed by atoms with Gasteiger partial charge in [0.05, 0.1) is 6.20 Å². The van der Waals surface area contributed by atoms with Crippen molar-refractivity contribution < 1.29 is 0 Å². The molecule has 23 heavy (non-hydrogen) atoms. The van der Waals surface area contributed by atoms with E-state index >= 15 is 0 Å². The predicted octanol–water partition coefficient (Wildman–Crippen LogP) is 3.90. The summed E-state index contributed by atoms with van der Waals surface area (Å²) in [6.45, 7) is 4.69. The van der Waals surface area contributed by atoms with Gasteiger partial charge in [0.15, 0.2) is 0 Å². The van der Waals surface area contributed by atoms with Gasteiger partial charge >= 0.3 is 0 Å². The number of aromatic nitrogens is 2. The topological polar surface area (TPSA) is 35.2 Å². The number of hydrogen-bond donors (Lipinski definition) is 1. The van der Waals surface area contributed by atoms with E-state index in [-0.39, 0.29) is 0 Å². The van der Waals surface area contributed by atoms with E-state index in [2.05, 4.69) is 49.7 Å². The molecule has 5 heteroatoms. The number of aromatic amines is 1. The molecule has 0 unspecified atom stereocenters. The maximum Gasteiger partial charge on any atom is 0.123 e. The van der Waals surface area contributed by atoms with Gasteiger partial charge in [-0.3, -0.25) is 5.10 Å². The third-order valence-corrected chi connectivity index (χ3v) is 6.08. The van der Waals surface area contributed by atoms with Crippen molar-refractivity contribution in [3.63, 3.8) is 0 Å². The molecule has 2 aliphatic rings. The van der Waals surface area contributed by atoms with Crippen molar-refractivity contribution in [3.05, 3.63) is 42.1 Å². The van der Waals surface area contributed by atoms with Gasteiger partial charge in [0.1, 0.15) is 5.82 Å². The molecule has 1 aromatic heterocycles. The van der Waals surface area contributed by atoms with E-state index in [0.29, 0.717) is 5.92 Å². The van der Waals surface area contributed by atoms with Gasteiger partial charge in [-0.2, -0.15) is 5.10 Å². The Kier molecular flexibility index (Phi) is 4.57. The van der Waals surface area contributed by atoms with Crippen LogP contribution in [0.4, 0.5) is 5.82 Å². The van der Waals surface area contributed by atoms with Crippen LogP contribution in [0.25, 0.3) is 0 Å². The SMILES string of the molecule is c1cc(N2CCC(c3ccc(SN4CCCC4)cc3)CC2)[nH]n1. The first-order valence-corrected chi connectivity index (χ1v) is 9.43. The zero-order valence-electron chi connectivity index (χ0n) is 13.4. The summed E-state index contributed by atoms with van der Waals surface area (Å²) in [5.41, 5.74) is 1.50. The monoisotopic (exact) mass is 328 g/mol. The molecule has 2 aliphatic heterocycles. The van der Waals surface area contributed by atoms with Gasteiger partial charge in [-0.05, 0) is 61.2 Å². The molecule has 0 radical (unpaired) electrons. The largest absolute Gasteiger partial charge is 0.357 e. The van der Waals surface area contributed by atoms with Gasteiger partial charge in [-0.25, -0.2) is 4.31 Å². The van der Waals surface area contributed by atoms with Crippen molar-refractivity contribution in [1.82, 2.24) is 14.5 Å². The smallest absolute Gasteiger partial charge is 0.123 e. The van der Waals surface area contributed by atoms with Crippen molar-refractivity contribution in [1.29, 1.82) is 0 Å². The summed E-state index contributed by atoms with van der Waals surface area (Å²) in [4.78, 5) is 3.78. The molecule has 0 aliphatic carbocycles. The molecule has 4 nitrogen and oxygen atoms in total. The molecular formula is C18H24N4S. The average molecular weight is 328 g/mol. The fourth-order valence-corrected chi connectivity index (χ4v) is 4.60. The average Bonchev–Trinajstić information content (AvgIpc) is 3.30. The molecule has 0 amide bonds. The second-order valence-corrected chi connectivity index (χ2v) is 7.67.